The molecule has 6 amide bonds. The van der Waals surface area contributed by atoms with Crippen LogP contribution in [-0.2, 0) is 16.1 Å². The van der Waals surface area contributed by atoms with Crippen LogP contribution in [0.1, 0.15) is 76.8 Å². The molecule has 6 N–H and O–H groups in total. The number of nitrogens with one attached hydrogen (secondary N) is 6. The Morgan fingerprint density at radius 3 is 2.46 bits per heavy atom. The Balaban J connectivity index is 0.726. The highest BCUT2D eigenvalue weighted by molar-refractivity contribution is 6.33. The molecule has 4 aromatic rings. The quantitative estimate of drug-likeness (QED) is 0.0709. The molecule has 3 fully saturated rings. The van der Waals surface area contributed by atoms with E-state index in [1.807, 2.05) is 35.2 Å². The molecule has 63 heavy (non-hydrogen) atoms. The number of pyridine rings is 1. The lowest BCUT2D eigenvalue weighted by molar-refractivity contribution is -0.136. The van der Waals surface area contributed by atoms with Crippen molar-refractivity contribution in [3.63, 3.8) is 0 Å². The molecule has 3 aliphatic heterocycles. The molecule has 0 bridgehead atoms. The van der Waals surface area contributed by atoms with Crippen molar-refractivity contribution >= 4 is 70.2 Å². The van der Waals surface area contributed by atoms with Crippen LogP contribution in [0.5, 0.6) is 0 Å². The number of urea groups is 1. The largest absolute Gasteiger partial charge is 0.355 e. The van der Waals surface area contributed by atoms with Crippen LogP contribution in [0.4, 0.5) is 33.8 Å². The minimum absolute atomic E-state index is 0.0256. The van der Waals surface area contributed by atoms with Crippen LogP contribution in [0, 0.1) is 11.8 Å². The number of hydrogen-bond donors (Lipinski definition) is 6. The third-order valence-corrected chi connectivity index (χ3v) is 12.1. The molecule has 1 aliphatic carbocycles. The number of amides is 6. The van der Waals surface area contributed by atoms with Crippen molar-refractivity contribution < 1.29 is 24.0 Å². The maximum Gasteiger partial charge on any atom is 0.317 e. The van der Waals surface area contributed by atoms with Gasteiger partial charge in [0.1, 0.15) is 16.9 Å². The summed E-state index contributed by atoms with van der Waals surface area (Å²) in [5, 5.41) is 18.4. The Labute approximate surface area is 370 Å². The average Bonchev–Trinajstić information content (AvgIpc) is 3.62. The first kappa shape index (κ1) is 42.9. The predicted octanol–water partition coefficient (Wildman–Crippen LogP) is 4.31. The lowest BCUT2D eigenvalue weighted by atomic mass is 9.91. The number of halogens is 1. The maximum absolute atomic E-state index is 13.2. The van der Waals surface area contributed by atoms with Crippen LogP contribution in [0.3, 0.4) is 0 Å². The van der Waals surface area contributed by atoms with Gasteiger partial charge in [-0.3, -0.25) is 24.5 Å². The van der Waals surface area contributed by atoms with Crippen molar-refractivity contribution in [1.82, 2.24) is 46.0 Å². The van der Waals surface area contributed by atoms with Crippen LogP contribution in [0.15, 0.2) is 67.0 Å². The maximum atomic E-state index is 13.2. The first-order valence-corrected chi connectivity index (χ1v) is 21.6. The highest BCUT2D eigenvalue weighted by Crippen LogP contribution is 2.29. The molecule has 8 rings (SSSR count). The second-order valence-corrected chi connectivity index (χ2v) is 16.3. The molecule has 0 radical (unpaired) electrons. The number of carbonyl (C=O) groups excluding carboxylic acids is 5. The second-order valence-electron chi connectivity index (χ2n) is 15.9. The molecule has 1 atom stereocenters. The zero-order valence-corrected chi connectivity index (χ0v) is 35.6. The number of aromatic nitrogens is 3. The van der Waals surface area contributed by atoms with E-state index in [9.17, 15) is 24.0 Å². The average molecular weight is 873 g/mol. The number of para-hydroxylation sites is 1. The summed E-state index contributed by atoms with van der Waals surface area (Å²) in [6, 6.07) is 16.3. The van der Waals surface area contributed by atoms with Gasteiger partial charge in [-0.05, 0) is 80.1 Å². The van der Waals surface area contributed by atoms with Crippen LogP contribution in [-0.4, -0.2) is 112 Å². The van der Waals surface area contributed by atoms with Gasteiger partial charge in [0.05, 0.1) is 29.3 Å². The van der Waals surface area contributed by atoms with Gasteiger partial charge in [0.15, 0.2) is 5.82 Å². The fourth-order valence-electron chi connectivity index (χ4n) is 8.35. The highest BCUT2D eigenvalue weighted by atomic mass is 35.5. The van der Waals surface area contributed by atoms with Crippen LogP contribution in [0.25, 0.3) is 0 Å². The molecular formula is C45H49ClN12O5. The van der Waals surface area contributed by atoms with Crippen molar-refractivity contribution in [2.75, 3.05) is 55.3 Å². The summed E-state index contributed by atoms with van der Waals surface area (Å²) in [6.07, 6.45) is 8.19. The molecule has 326 valence electrons. The Hall–Kier alpha value is -6.77. The van der Waals surface area contributed by atoms with E-state index in [0.29, 0.717) is 90.9 Å². The van der Waals surface area contributed by atoms with Crippen molar-refractivity contribution in [3.05, 3.63) is 94.3 Å². The Bertz CT molecular complexity index is 2440. The summed E-state index contributed by atoms with van der Waals surface area (Å²) in [7, 11) is 1.57. The number of piperazine rings is 1. The SMILES string of the molecule is CNC(=O)c1ccccc1Nc1nc(Nc2ccc(N3CCN(C(=O)N[C@H]4CC[C@H](NCCC#Cc5ccc6c(c5)CN(C5CCC(=O)NC5=O)C6=O)CC4)CC3)nc2)ncc1Cl. The van der Waals surface area contributed by atoms with Gasteiger partial charge in [-0.2, -0.15) is 4.98 Å². The predicted molar refractivity (Wildman–Crippen MR) is 238 cm³/mol. The summed E-state index contributed by atoms with van der Waals surface area (Å²) in [4.78, 5) is 81.5. The minimum Gasteiger partial charge on any atom is -0.355 e. The Morgan fingerprint density at radius 1 is 0.905 bits per heavy atom. The van der Waals surface area contributed by atoms with Gasteiger partial charge >= 0.3 is 6.03 Å². The van der Waals surface area contributed by atoms with E-state index in [4.69, 9.17) is 11.6 Å². The highest BCUT2D eigenvalue weighted by Gasteiger charge is 2.39. The van der Waals surface area contributed by atoms with Crippen molar-refractivity contribution in [3.8, 4) is 11.8 Å². The van der Waals surface area contributed by atoms with Gasteiger partial charge in [0.25, 0.3) is 11.8 Å². The fraction of sp³-hybridized carbons (Fsp3) is 0.378. The Kier molecular flexibility index (Phi) is 13.3. The lowest BCUT2D eigenvalue weighted by Gasteiger charge is -2.37. The van der Waals surface area contributed by atoms with E-state index in [0.717, 1.165) is 49.2 Å². The molecular weight excluding hydrogens is 824 g/mol. The van der Waals surface area contributed by atoms with E-state index in [1.165, 1.54) is 6.20 Å². The van der Waals surface area contributed by atoms with E-state index in [1.54, 1.807) is 42.4 Å². The zero-order chi connectivity index (χ0) is 43.9. The van der Waals surface area contributed by atoms with Gasteiger partial charge in [-0.25, -0.2) is 14.8 Å². The molecule has 17 nitrogen and oxygen atoms in total. The van der Waals surface area contributed by atoms with E-state index >= 15 is 0 Å². The van der Waals surface area contributed by atoms with Crippen molar-refractivity contribution in [1.29, 1.82) is 0 Å². The number of carbonyl (C=O) groups is 5. The third kappa shape index (κ3) is 10.3. The third-order valence-electron chi connectivity index (χ3n) is 11.8. The molecule has 1 unspecified atom stereocenters. The van der Waals surface area contributed by atoms with Crippen molar-refractivity contribution in [2.45, 2.75) is 69.6 Å². The van der Waals surface area contributed by atoms with Gasteiger partial charge < -0.3 is 41.3 Å². The van der Waals surface area contributed by atoms with Crippen molar-refractivity contribution in [2.24, 2.45) is 0 Å². The number of nitrogens with zero attached hydrogens (tertiary/aromatic N) is 6. The number of fused-ring (bicyclic) bond motifs is 1. The molecule has 4 aliphatic rings. The monoisotopic (exact) mass is 872 g/mol. The summed E-state index contributed by atoms with van der Waals surface area (Å²) in [5.74, 6) is 6.75. The van der Waals surface area contributed by atoms with Crippen LogP contribution < -0.4 is 36.8 Å². The normalized spacial score (nSPS) is 19.7. The lowest BCUT2D eigenvalue weighted by Crippen LogP contribution is -2.54. The van der Waals surface area contributed by atoms with E-state index < -0.39 is 11.9 Å². The first-order chi connectivity index (χ1) is 30.6. The molecule has 2 aromatic carbocycles. The van der Waals surface area contributed by atoms with Gasteiger partial charge in [-0.1, -0.05) is 35.6 Å². The molecule has 1 saturated carbocycles. The van der Waals surface area contributed by atoms with E-state index in [-0.39, 0.29) is 36.2 Å². The number of hydrogen-bond acceptors (Lipinski definition) is 12. The Morgan fingerprint density at radius 2 is 1.70 bits per heavy atom. The molecule has 2 aromatic heterocycles. The summed E-state index contributed by atoms with van der Waals surface area (Å²) in [6.45, 7) is 3.59. The molecule has 18 heteroatoms. The summed E-state index contributed by atoms with van der Waals surface area (Å²) >= 11 is 6.39. The second kappa shape index (κ2) is 19.5. The van der Waals surface area contributed by atoms with Gasteiger partial charge in [0.2, 0.25) is 17.8 Å². The number of piperidine rings is 1. The standard InChI is InChI=1S/C45H49ClN12O5/c1-47-41(60)34-7-2-3-8-36(34)53-40-35(46)26-50-44(55-40)51-32-14-17-38(49-25-32)56-20-22-57(23-21-56)45(63)52-31-12-10-30(11-13-31)48-19-5-4-6-28-9-15-33-29(24-28)27-58(43(33)62)37-16-18-39(59)54-42(37)61/h2-3,7-9,14-15,17,24-26,30-31,37,48H,5,10-13,16,18-23,27H2,1H3,(H,47,60)(H,52,63)(H,54,59,61)(H2,50,51,53,55)/t30-,31-,37?. The van der Waals surface area contributed by atoms with Crippen LogP contribution >= 0.6 is 11.6 Å². The van der Waals surface area contributed by atoms with Gasteiger partial charge in [0, 0.05) is 82.4 Å². The number of benzene rings is 2. The topological polar surface area (TPSA) is 206 Å². The first-order valence-electron chi connectivity index (χ1n) is 21.3. The number of rotatable bonds is 11. The molecule has 0 spiro atoms. The molecule has 5 heterocycles. The van der Waals surface area contributed by atoms with E-state index in [2.05, 4.69) is 63.6 Å². The van der Waals surface area contributed by atoms with Gasteiger partial charge in [-0.15, -0.1) is 0 Å². The molecule has 2 saturated heterocycles. The summed E-state index contributed by atoms with van der Waals surface area (Å²) in [5.41, 5.74) is 3.94. The fourth-order valence-corrected chi connectivity index (χ4v) is 8.48. The number of anilines is 5. The minimum atomic E-state index is -0.634. The number of imide groups is 1. The zero-order valence-electron chi connectivity index (χ0n) is 34.9. The smallest absolute Gasteiger partial charge is 0.317 e. The summed E-state index contributed by atoms with van der Waals surface area (Å²) < 4.78 is 0. The van der Waals surface area contributed by atoms with Crippen LogP contribution in [0.2, 0.25) is 5.02 Å².